The van der Waals surface area contributed by atoms with Crippen LogP contribution >= 0.6 is 31.9 Å². The van der Waals surface area contributed by atoms with Crippen molar-refractivity contribution >= 4 is 43.2 Å². The molecule has 10 heteroatoms. The first kappa shape index (κ1) is 35.8. The molecule has 2 N–H and O–H groups in total. The third-order valence-corrected chi connectivity index (χ3v) is 6.10. The van der Waals surface area contributed by atoms with E-state index in [1.807, 2.05) is 25.1 Å². The Morgan fingerprint density at radius 2 is 1.28 bits per heavy atom. The van der Waals surface area contributed by atoms with Crippen molar-refractivity contribution in [2.24, 2.45) is 0 Å². The number of fused-ring (bicyclic) bond motifs is 2. The predicted octanol–water partition coefficient (Wildman–Crippen LogP) is 7.43. The van der Waals surface area contributed by atoms with Crippen LogP contribution in [0.5, 0.6) is 0 Å². The van der Waals surface area contributed by atoms with Crippen molar-refractivity contribution in [2.45, 2.75) is 32.9 Å². The van der Waals surface area contributed by atoms with Gasteiger partial charge < -0.3 is 22.1 Å². The average molecular weight is 1370 g/mol. The fourth-order valence-corrected chi connectivity index (χ4v) is 4.42. The van der Waals surface area contributed by atoms with E-state index >= 15 is 0 Å². The molecule has 2 heterocycles. The van der Waals surface area contributed by atoms with Crippen molar-refractivity contribution in [1.29, 1.82) is 0 Å². The molecule has 0 unspecified atom stereocenters. The summed E-state index contributed by atoms with van der Waals surface area (Å²) in [6.07, 6.45) is 1.85. The largest absolute Gasteiger partial charge is 0.698 e. The fraction of sp³-hybridized carbons (Fsp3) is 0.368. The number of nitrogens with one attached hydrogen (secondary N) is 2. The van der Waals surface area contributed by atoms with Crippen LogP contribution in [0.2, 0.25) is 0 Å². The minimum absolute atomic E-state index is 0. The molecule has 4 radical (unpaired) electrons. The summed E-state index contributed by atoms with van der Waals surface area (Å²) in [5.74, 6) is 0. The first-order valence-electron chi connectivity index (χ1n) is 8.30. The Morgan fingerprint density at radius 1 is 0.759 bits per heavy atom. The average Bonchev–Trinajstić information content (AvgIpc) is 2.64. The zero-order chi connectivity index (χ0) is 18.0. The molecular weight excluding hydrogens is 1350 g/mol. The van der Waals surface area contributed by atoms with E-state index in [0.29, 0.717) is 11.4 Å². The number of hydrogen-bond acceptors (Lipinski definition) is 0. The van der Waals surface area contributed by atoms with Crippen LogP contribution in [0.3, 0.4) is 0 Å². The van der Waals surface area contributed by atoms with Crippen molar-refractivity contribution < 1.29 is 176 Å². The Labute approximate surface area is 334 Å². The molecular formula is C19H20Ac4Br2N4-4. The molecule has 0 spiro atoms. The van der Waals surface area contributed by atoms with Crippen LogP contribution < -0.4 is 0 Å². The fourth-order valence-electron chi connectivity index (χ4n) is 3.21. The molecule has 2 aliphatic rings. The maximum absolute atomic E-state index is 7.91. The van der Waals surface area contributed by atoms with Crippen LogP contribution in [-0.2, 0) is 25.9 Å². The van der Waals surface area contributed by atoms with Gasteiger partial charge >= 0.3 is 0 Å². The van der Waals surface area contributed by atoms with Gasteiger partial charge in [0.25, 0.3) is 0 Å². The molecule has 4 rings (SSSR count). The van der Waals surface area contributed by atoms with Gasteiger partial charge in [0.15, 0.2) is 0 Å². The minimum atomic E-state index is 0. The van der Waals surface area contributed by atoms with Crippen LogP contribution in [0.25, 0.3) is 22.1 Å². The van der Waals surface area contributed by atoms with E-state index in [4.69, 9.17) is 11.5 Å². The quantitative estimate of drug-likeness (QED) is 0.264. The molecule has 0 bridgehead atoms. The van der Waals surface area contributed by atoms with E-state index in [-0.39, 0.29) is 176 Å². The maximum Gasteiger partial charge on any atom is 0.0194 e. The van der Waals surface area contributed by atoms with E-state index in [1.165, 1.54) is 22.3 Å². The third-order valence-electron chi connectivity index (χ3n) is 4.65. The molecule has 0 saturated carbocycles. The summed E-state index contributed by atoms with van der Waals surface area (Å²) in [7, 11) is 0. The van der Waals surface area contributed by atoms with Gasteiger partial charge in [-0.05, 0) is 31.9 Å². The molecule has 0 saturated heterocycles. The summed E-state index contributed by atoms with van der Waals surface area (Å²) >= 11 is 7.00. The number of rotatable bonds is 0. The second-order valence-electron chi connectivity index (χ2n) is 6.27. The summed E-state index contributed by atoms with van der Waals surface area (Å²) in [5.41, 5.74) is 22.8. The topological polar surface area (TPSA) is 75.8 Å². The van der Waals surface area contributed by atoms with Crippen molar-refractivity contribution in [2.75, 3.05) is 13.1 Å². The van der Waals surface area contributed by atoms with Crippen LogP contribution in [0.15, 0.2) is 27.1 Å². The first-order chi connectivity index (χ1) is 12.0. The van der Waals surface area contributed by atoms with Crippen molar-refractivity contribution in [1.82, 2.24) is 0 Å². The number of benzene rings is 2. The van der Waals surface area contributed by atoms with Crippen molar-refractivity contribution in [3.05, 3.63) is 77.1 Å². The Balaban J connectivity index is 0. The summed E-state index contributed by atoms with van der Waals surface area (Å²) in [5, 5.41) is 8.64. The summed E-state index contributed by atoms with van der Waals surface area (Å²) in [6, 6.07) is 5.79. The second kappa shape index (κ2) is 18.0. The van der Waals surface area contributed by atoms with Gasteiger partial charge in [0.05, 0.1) is 0 Å². The van der Waals surface area contributed by atoms with Crippen molar-refractivity contribution in [3.8, 4) is 0 Å². The molecule has 0 atom stereocenters. The van der Waals surface area contributed by atoms with E-state index in [2.05, 4.69) is 42.5 Å². The summed E-state index contributed by atoms with van der Waals surface area (Å²) in [6.45, 7) is 5.26. The van der Waals surface area contributed by atoms with Crippen LogP contribution in [-0.4, -0.2) is 13.1 Å². The maximum atomic E-state index is 7.91. The SMILES string of the molecule is Cc1cc(Br)c2c(c1[NH-])CC[N-]C2.[Ac].[Ac].[Ac].[Ac].[NH-]c1ccc(Br)c2c1CC[N-]C2. The molecule has 0 amide bonds. The van der Waals surface area contributed by atoms with Crippen LogP contribution in [0.4, 0.5) is 11.4 Å². The summed E-state index contributed by atoms with van der Waals surface area (Å²) < 4.78 is 2.20. The van der Waals surface area contributed by atoms with E-state index in [1.54, 1.807) is 0 Å². The molecule has 2 aromatic rings. The predicted molar refractivity (Wildman–Crippen MR) is 112 cm³/mol. The Morgan fingerprint density at radius 3 is 1.83 bits per heavy atom. The molecule has 4 nitrogen and oxygen atoms in total. The Bertz CT molecular complexity index is 776. The van der Waals surface area contributed by atoms with Gasteiger partial charge in [-0.3, -0.25) is 0 Å². The van der Waals surface area contributed by atoms with Gasteiger partial charge in [0, 0.05) is 185 Å². The van der Waals surface area contributed by atoms with Crippen LogP contribution in [0.1, 0.15) is 27.8 Å². The van der Waals surface area contributed by atoms with E-state index < -0.39 is 0 Å². The molecule has 2 aromatic carbocycles. The first-order valence-corrected chi connectivity index (χ1v) is 9.88. The number of halogens is 2. The van der Waals surface area contributed by atoms with Gasteiger partial charge in [-0.2, -0.15) is 0 Å². The summed E-state index contributed by atoms with van der Waals surface area (Å²) in [4.78, 5) is 0. The van der Waals surface area contributed by atoms with Crippen LogP contribution in [0, 0.1) is 183 Å². The number of nitrogens with zero attached hydrogens (tertiary/aromatic N) is 2. The van der Waals surface area contributed by atoms with E-state index in [0.717, 1.165) is 53.5 Å². The molecule has 29 heavy (non-hydrogen) atoms. The van der Waals surface area contributed by atoms with Gasteiger partial charge in [0.1, 0.15) is 0 Å². The monoisotopic (exact) mass is 1370 g/mol. The molecule has 0 aromatic heterocycles. The molecule has 146 valence electrons. The third kappa shape index (κ3) is 9.93. The molecule has 0 fully saturated rings. The minimum Gasteiger partial charge on any atom is -0.698 e. The van der Waals surface area contributed by atoms with Crippen molar-refractivity contribution in [3.63, 3.8) is 0 Å². The molecule has 2 aliphatic heterocycles. The van der Waals surface area contributed by atoms with Gasteiger partial charge in [-0.25, -0.2) is 0 Å². The molecule has 0 aliphatic carbocycles. The van der Waals surface area contributed by atoms with Gasteiger partial charge in [-0.15, -0.1) is 37.6 Å². The van der Waals surface area contributed by atoms with Gasteiger partial charge in [-0.1, -0.05) is 65.7 Å². The zero-order valence-electron chi connectivity index (χ0n) is 16.4. The number of aryl methyl sites for hydroxylation is 1. The Kier molecular flexibility index (Phi) is 22.3. The smallest absolute Gasteiger partial charge is 0.0194 e. The van der Waals surface area contributed by atoms with Gasteiger partial charge in [0.2, 0.25) is 0 Å². The van der Waals surface area contributed by atoms with E-state index in [9.17, 15) is 0 Å². The normalized spacial score (nSPS) is 13.5. The second-order valence-corrected chi connectivity index (χ2v) is 7.98. The zero-order valence-corrected chi connectivity index (χ0v) is 38.6. The standard InChI is InChI=1S/C10H11BrN2.C9H9BrN2.4Ac/c1-6-4-9(11)8-5-13-3-2-7(8)10(6)12;10-8-1-2-9(11)6-3-4-12-5-7(6)8;;;;/h4,12H,2-3,5H2,1H3;1-2,11H,3-5H2;;;;/q2*-2;;;;. The Hall–Kier alpha value is 4.69. The number of hydrogen-bond donors (Lipinski definition) is 0.